The van der Waals surface area contributed by atoms with Crippen LogP contribution in [0.1, 0.15) is 28.9 Å². The van der Waals surface area contributed by atoms with Crippen LogP contribution in [0.3, 0.4) is 0 Å². The minimum Gasteiger partial charge on any atom is -0.356 e. The van der Waals surface area contributed by atoms with Gasteiger partial charge in [0.1, 0.15) is 5.82 Å². The number of piperidine rings is 1. The van der Waals surface area contributed by atoms with Crippen LogP contribution in [0.2, 0.25) is 0 Å². The molecule has 0 radical (unpaired) electrons. The highest BCUT2D eigenvalue weighted by atomic mass is 32.1. The summed E-state index contributed by atoms with van der Waals surface area (Å²) in [6.45, 7) is 1.91. The molecule has 0 unspecified atom stereocenters. The molecule has 0 amide bonds. The lowest BCUT2D eigenvalue weighted by Gasteiger charge is -2.35. The summed E-state index contributed by atoms with van der Waals surface area (Å²) in [6.07, 6.45) is 9.61. The molecule has 0 N–H and O–H groups in total. The number of pyridine rings is 3. The van der Waals surface area contributed by atoms with Gasteiger partial charge in [-0.25, -0.2) is 4.98 Å². The summed E-state index contributed by atoms with van der Waals surface area (Å²) in [5.41, 5.74) is 4.10. The Morgan fingerprint density at radius 1 is 1.06 bits per heavy atom. The Morgan fingerprint density at radius 3 is 2.64 bits per heavy atom. The second-order valence-electron chi connectivity index (χ2n) is 8.64. The zero-order chi connectivity index (χ0) is 22.8. The molecule has 0 saturated carbocycles. The monoisotopic (exact) mass is 458 g/mol. The van der Waals surface area contributed by atoms with Crippen LogP contribution in [-0.4, -0.2) is 63.8 Å². The van der Waals surface area contributed by atoms with Crippen LogP contribution in [0.5, 0.6) is 0 Å². The van der Waals surface area contributed by atoms with Crippen molar-refractivity contribution >= 4 is 33.7 Å². The van der Waals surface area contributed by atoms with E-state index in [1.807, 2.05) is 30.6 Å². The maximum Gasteiger partial charge on any atom is 0.169 e. The average Bonchev–Trinajstić information content (AvgIpc) is 3.39. The van der Waals surface area contributed by atoms with E-state index < -0.39 is 0 Å². The van der Waals surface area contributed by atoms with Gasteiger partial charge in [0.15, 0.2) is 5.78 Å². The van der Waals surface area contributed by atoms with Crippen molar-refractivity contribution < 1.29 is 4.79 Å². The van der Waals surface area contributed by atoms with E-state index >= 15 is 0 Å². The number of carbonyl (C=O) groups is 1. The molecule has 1 fully saturated rings. The lowest BCUT2D eigenvalue weighted by atomic mass is 10.0. The van der Waals surface area contributed by atoms with E-state index in [-0.39, 0.29) is 12.2 Å². The van der Waals surface area contributed by atoms with E-state index in [0.29, 0.717) is 11.6 Å². The third-order valence-corrected chi connectivity index (χ3v) is 7.07. The number of anilines is 1. The first-order valence-corrected chi connectivity index (χ1v) is 12.0. The van der Waals surface area contributed by atoms with Crippen molar-refractivity contribution in [2.45, 2.75) is 25.3 Å². The van der Waals surface area contributed by atoms with E-state index in [1.165, 1.54) is 0 Å². The smallest absolute Gasteiger partial charge is 0.169 e. The van der Waals surface area contributed by atoms with Crippen molar-refractivity contribution in [3.8, 4) is 10.6 Å². The van der Waals surface area contributed by atoms with Gasteiger partial charge in [-0.15, -0.1) is 11.3 Å². The molecule has 5 heterocycles. The standard InChI is InChI=1S/C25H26N6OS/c1-30(2)21-4-7-31(8-5-21)25-11-17(3-6-27-25)23(32)12-20-9-18-10-22(24-15-26-16-33-24)29-14-19(18)13-28-20/h3,6,9-11,13-16,21H,4-5,7-8,12H2,1-2H3. The predicted octanol–water partition coefficient (Wildman–Crippen LogP) is 4.10. The minimum absolute atomic E-state index is 0.0467. The van der Waals surface area contributed by atoms with Crippen molar-refractivity contribution in [2.24, 2.45) is 0 Å². The highest BCUT2D eigenvalue weighted by molar-refractivity contribution is 7.13. The highest BCUT2D eigenvalue weighted by Crippen LogP contribution is 2.25. The molecule has 0 aliphatic carbocycles. The van der Waals surface area contributed by atoms with Gasteiger partial charge < -0.3 is 9.80 Å². The summed E-state index contributed by atoms with van der Waals surface area (Å²) in [6, 6.07) is 8.33. The minimum atomic E-state index is 0.0467. The molecule has 168 valence electrons. The average molecular weight is 459 g/mol. The maximum atomic E-state index is 13.1. The third-order valence-electron chi connectivity index (χ3n) is 6.27. The van der Waals surface area contributed by atoms with Gasteiger partial charge in [-0.1, -0.05) is 0 Å². The first-order valence-electron chi connectivity index (χ1n) is 11.1. The van der Waals surface area contributed by atoms with E-state index in [1.54, 1.807) is 35.3 Å². The van der Waals surface area contributed by atoms with Gasteiger partial charge in [-0.05, 0) is 56.6 Å². The quantitative estimate of drug-likeness (QED) is 0.403. The Labute approximate surface area is 197 Å². The number of carbonyl (C=O) groups excluding carboxylic acids is 1. The summed E-state index contributed by atoms with van der Waals surface area (Å²) < 4.78 is 0. The lowest BCUT2D eigenvalue weighted by molar-refractivity contribution is 0.0992. The topological polar surface area (TPSA) is 75.1 Å². The molecule has 1 aliphatic heterocycles. The zero-order valence-corrected chi connectivity index (χ0v) is 19.6. The summed E-state index contributed by atoms with van der Waals surface area (Å²) >= 11 is 1.56. The maximum absolute atomic E-state index is 13.1. The molecule has 1 aliphatic rings. The zero-order valence-electron chi connectivity index (χ0n) is 18.8. The number of fused-ring (bicyclic) bond motifs is 1. The van der Waals surface area contributed by atoms with Crippen molar-refractivity contribution in [2.75, 3.05) is 32.1 Å². The molecule has 1 saturated heterocycles. The molecule has 7 nitrogen and oxygen atoms in total. The van der Waals surface area contributed by atoms with Crippen LogP contribution in [0.25, 0.3) is 21.3 Å². The molecule has 4 aromatic heterocycles. The number of aromatic nitrogens is 4. The van der Waals surface area contributed by atoms with E-state index in [4.69, 9.17) is 0 Å². The summed E-state index contributed by atoms with van der Waals surface area (Å²) in [5.74, 6) is 0.926. The van der Waals surface area contributed by atoms with Crippen LogP contribution >= 0.6 is 11.3 Å². The van der Waals surface area contributed by atoms with Crippen LogP contribution in [0.4, 0.5) is 5.82 Å². The number of Topliss-reactive ketones (excluding diaryl/α,β-unsaturated/α-hetero) is 1. The van der Waals surface area contributed by atoms with Crippen LogP contribution in [0.15, 0.2) is 54.6 Å². The number of nitrogens with zero attached hydrogens (tertiary/aromatic N) is 6. The van der Waals surface area contributed by atoms with Crippen molar-refractivity contribution in [3.05, 3.63) is 65.8 Å². The van der Waals surface area contributed by atoms with Gasteiger partial charge in [-0.2, -0.15) is 0 Å². The molecule has 8 heteroatoms. The number of hydrogen-bond donors (Lipinski definition) is 0. The molecular formula is C25H26N6OS. The second-order valence-corrected chi connectivity index (χ2v) is 9.53. The molecule has 33 heavy (non-hydrogen) atoms. The Morgan fingerprint density at radius 2 is 1.88 bits per heavy atom. The molecule has 0 bridgehead atoms. The fourth-order valence-corrected chi connectivity index (χ4v) is 4.89. The summed E-state index contributed by atoms with van der Waals surface area (Å²) in [7, 11) is 4.27. The van der Waals surface area contributed by atoms with Gasteiger partial charge >= 0.3 is 0 Å². The Bertz CT molecular complexity index is 1270. The van der Waals surface area contributed by atoms with Crippen molar-refractivity contribution in [1.29, 1.82) is 0 Å². The van der Waals surface area contributed by atoms with E-state index in [9.17, 15) is 4.79 Å². The van der Waals surface area contributed by atoms with Gasteiger partial charge in [0.25, 0.3) is 0 Å². The molecule has 0 spiro atoms. The molecule has 5 rings (SSSR count). The number of rotatable bonds is 6. The van der Waals surface area contributed by atoms with Gasteiger partial charge in [0.2, 0.25) is 0 Å². The van der Waals surface area contributed by atoms with Crippen molar-refractivity contribution in [1.82, 2.24) is 24.8 Å². The number of thiazole rings is 1. The number of hydrogen-bond acceptors (Lipinski definition) is 8. The summed E-state index contributed by atoms with van der Waals surface area (Å²) in [4.78, 5) is 36.3. The normalized spacial score (nSPS) is 14.8. The molecular weight excluding hydrogens is 432 g/mol. The first-order chi connectivity index (χ1) is 16.1. The van der Waals surface area contributed by atoms with Crippen molar-refractivity contribution in [3.63, 3.8) is 0 Å². The first kappa shape index (κ1) is 21.6. The van der Waals surface area contributed by atoms with E-state index in [2.05, 4.69) is 43.8 Å². The molecule has 0 atom stereocenters. The fourth-order valence-electron chi connectivity index (χ4n) is 4.30. The van der Waals surface area contributed by atoms with Crippen LogP contribution < -0.4 is 4.90 Å². The predicted molar refractivity (Wildman–Crippen MR) is 132 cm³/mol. The summed E-state index contributed by atoms with van der Waals surface area (Å²) in [5, 5.41) is 1.97. The lowest BCUT2D eigenvalue weighted by Crippen LogP contribution is -2.42. The largest absolute Gasteiger partial charge is 0.356 e. The van der Waals surface area contributed by atoms with E-state index in [0.717, 1.165) is 58.8 Å². The SMILES string of the molecule is CN(C)C1CCN(c2cc(C(=O)Cc3cc4cc(-c5cncs5)ncc4cn3)ccn2)CC1. The second kappa shape index (κ2) is 9.33. The van der Waals surface area contributed by atoms with Crippen LogP contribution in [-0.2, 0) is 6.42 Å². The Hall–Kier alpha value is -3.23. The van der Waals surface area contributed by atoms with Gasteiger partial charge in [0, 0.05) is 60.6 Å². The fraction of sp³-hybridized carbons (Fsp3) is 0.320. The molecule has 4 aromatic rings. The molecule has 0 aromatic carbocycles. The highest BCUT2D eigenvalue weighted by Gasteiger charge is 2.22. The third kappa shape index (κ3) is 4.77. The van der Waals surface area contributed by atoms with Gasteiger partial charge in [-0.3, -0.25) is 19.7 Å². The Kier molecular flexibility index (Phi) is 6.11. The van der Waals surface area contributed by atoms with Gasteiger partial charge in [0.05, 0.1) is 22.5 Å². The Balaban J connectivity index is 1.32. The number of ketones is 1. The van der Waals surface area contributed by atoms with Crippen LogP contribution in [0, 0.1) is 0 Å².